The highest BCUT2D eigenvalue weighted by Crippen LogP contribution is 2.43. The molecule has 5 heteroatoms. The van der Waals surface area contributed by atoms with Crippen LogP contribution in [0, 0.1) is 5.41 Å². The second-order valence-corrected chi connectivity index (χ2v) is 8.61. The lowest BCUT2D eigenvalue weighted by atomic mass is 9.64. The maximum Gasteiger partial charge on any atom is 0.0931 e. The Morgan fingerprint density at radius 2 is 2.15 bits per heavy atom. The smallest absolute Gasteiger partial charge is 0.0931 e. The summed E-state index contributed by atoms with van der Waals surface area (Å²) in [6, 6.07) is 8.76. The van der Waals surface area contributed by atoms with Crippen LogP contribution in [0.4, 0.5) is 0 Å². The molecule has 108 valence electrons. The van der Waals surface area contributed by atoms with Crippen molar-refractivity contribution in [3.05, 3.63) is 43.7 Å². The third-order valence-electron chi connectivity index (χ3n) is 4.29. The number of halogens is 1. The molecule has 3 rings (SSSR count). The topological polar surface area (TPSA) is 32.3 Å². The molecule has 0 radical (unpaired) electrons. The first kappa shape index (κ1) is 14.5. The van der Waals surface area contributed by atoms with E-state index in [1.54, 1.807) is 22.7 Å². The number of aliphatic hydroxyl groups excluding tert-OH is 1. The molecular weight excluding hydrogens is 310 g/mol. The van der Waals surface area contributed by atoms with Gasteiger partial charge in [0, 0.05) is 21.2 Å². The molecule has 20 heavy (non-hydrogen) atoms. The summed E-state index contributed by atoms with van der Waals surface area (Å²) in [7, 11) is 0. The minimum Gasteiger partial charge on any atom is -0.392 e. The third kappa shape index (κ3) is 2.55. The maximum absolute atomic E-state index is 9.91. The summed E-state index contributed by atoms with van der Waals surface area (Å²) in [6.07, 6.45) is 0.601. The largest absolute Gasteiger partial charge is 0.392 e. The average molecular weight is 328 g/mol. The predicted molar refractivity (Wildman–Crippen MR) is 86.8 cm³/mol. The zero-order valence-corrected chi connectivity index (χ0v) is 13.9. The maximum atomic E-state index is 9.91. The van der Waals surface area contributed by atoms with Crippen LogP contribution < -0.4 is 5.32 Å². The van der Waals surface area contributed by atoms with E-state index in [1.807, 2.05) is 6.07 Å². The Labute approximate surface area is 132 Å². The lowest BCUT2D eigenvalue weighted by Crippen LogP contribution is -2.60. The third-order valence-corrected chi connectivity index (χ3v) is 6.52. The Hall–Kier alpha value is -0.390. The van der Waals surface area contributed by atoms with Gasteiger partial charge >= 0.3 is 0 Å². The Morgan fingerprint density at radius 3 is 2.65 bits per heavy atom. The Bertz CT molecular complexity index is 578. The first-order valence-corrected chi connectivity index (χ1v) is 8.78. The second kappa shape index (κ2) is 5.43. The Morgan fingerprint density at radius 1 is 1.35 bits per heavy atom. The summed E-state index contributed by atoms with van der Waals surface area (Å²) < 4.78 is 0.816. The van der Waals surface area contributed by atoms with Crippen LogP contribution in [0.15, 0.2) is 29.6 Å². The summed E-state index contributed by atoms with van der Waals surface area (Å²) in [6.45, 7) is 4.23. The first-order valence-electron chi connectivity index (χ1n) is 6.71. The van der Waals surface area contributed by atoms with E-state index >= 15 is 0 Å². The molecule has 0 spiro atoms. The SMILES string of the molecule is CC1(C)C(O)CC1NC(c1cccs1)c1ccc(Cl)s1. The fourth-order valence-corrected chi connectivity index (χ4v) is 4.65. The van der Waals surface area contributed by atoms with Gasteiger partial charge in [-0.1, -0.05) is 31.5 Å². The number of hydrogen-bond acceptors (Lipinski definition) is 4. The molecule has 0 bridgehead atoms. The lowest BCUT2D eigenvalue weighted by molar-refractivity contribution is -0.0745. The van der Waals surface area contributed by atoms with Gasteiger partial charge in [-0.3, -0.25) is 0 Å². The number of nitrogens with one attached hydrogen (secondary N) is 1. The zero-order valence-electron chi connectivity index (χ0n) is 11.5. The number of hydrogen-bond donors (Lipinski definition) is 2. The molecule has 1 saturated carbocycles. The molecule has 2 N–H and O–H groups in total. The molecular formula is C15H18ClNOS2. The second-order valence-electron chi connectivity index (χ2n) is 5.88. The number of aliphatic hydroxyl groups is 1. The van der Waals surface area contributed by atoms with Crippen molar-refractivity contribution in [3.63, 3.8) is 0 Å². The summed E-state index contributed by atoms with van der Waals surface area (Å²) in [4.78, 5) is 2.52. The van der Waals surface area contributed by atoms with Gasteiger partial charge in [0.15, 0.2) is 0 Å². The van der Waals surface area contributed by atoms with E-state index in [9.17, 15) is 5.11 Å². The van der Waals surface area contributed by atoms with Crippen molar-refractivity contribution in [2.24, 2.45) is 5.41 Å². The van der Waals surface area contributed by atoms with Crippen LogP contribution in [-0.4, -0.2) is 17.3 Å². The highest BCUT2D eigenvalue weighted by Gasteiger charge is 2.48. The fraction of sp³-hybridized carbons (Fsp3) is 0.467. The van der Waals surface area contributed by atoms with Gasteiger partial charge in [0.25, 0.3) is 0 Å². The van der Waals surface area contributed by atoms with Crippen molar-refractivity contribution in [3.8, 4) is 0 Å². The summed E-state index contributed by atoms with van der Waals surface area (Å²) >= 11 is 9.45. The van der Waals surface area contributed by atoms with E-state index in [2.05, 4.69) is 42.7 Å². The molecule has 2 aromatic rings. The minimum absolute atomic E-state index is 0.0729. The number of thiophene rings is 2. The van der Waals surface area contributed by atoms with Crippen molar-refractivity contribution in [1.82, 2.24) is 5.32 Å². The van der Waals surface area contributed by atoms with Crippen LogP contribution in [0.3, 0.4) is 0 Å². The average Bonchev–Trinajstić information content (AvgIpc) is 3.06. The van der Waals surface area contributed by atoms with Crippen LogP contribution in [-0.2, 0) is 0 Å². The van der Waals surface area contributed by atoms with Crippen molar-refractivity contribution < 1.29 is 5.11 Å². The summed E-state index contributed by atoms with van der Waals surface area (Å²) in [5, 5.41) is 15.7. The van der Waals surface area contributed by atoms with Gasteiger partial charge in [-0.25, -0.2) is 0 Å². The molecule has 1 aliphatic carbocycles. The predicted octanol–water partition coefficient (Wildman–Crippen LogP) is 4.30. The minimum atomic E-state index is -0.212. The summed E-state index contributed by atoms with van der Waals surface area (Å²) in [5.41, 5.74) is -0.0729. The molecule has 0 saturated heterocycles. The van der Waals surface area contributed by atoms with Gasteiger partial charge in [0.2, 0.25) is 0 Å². The van der Waals surface area contributed by atoms with E-state index < -0.39 is 0 Å². The van der Waals surface area contributed by atoms with Gasteiger partial charge in [-0.2, -0.15) is 0 Å². The van der Waals surface area contributed by atoms with E-state index in [4.69, 9.17) is 11.6 Å². The highest BCUT2D eigenvalue weighted by atomic mass is 35.5. The van der Waals surface area contributed by atoms with Crippen LogP contribution in [0.5, 0.6) is 0 Å². The van der Waals surface area contributed by atoms with Crippen molar-refractivity contribution >= 4 is 34.3 Å². The molecule has 0 aliphatic heterocycles. The van der Waals surface area contributed by atoms with Gasteiger partial charge in [0.05, 0.1) is 16.5 Å². The first-order chi connectivity index (χ1) is 9.48. The molecule has 2 nitrogen and oxygen atoms in total. The van der Waals surface area contributed by atoms with Gasteiger partial charge in [-0.15, -0.1) is 22.7 Å². The summed E-state index contributed by atoms with van der Waals surface area (Å²) in [5.74, 6) is 0. The molecule has 2 heterocycles. The quantitative estimate of drug-likeness (QED) is 0.877. The van der Waals surface area contributed by atoms with Gasteiger partial charge in [0.1, 0.15) is 0 Å². The molecule has 1 aliphatic rings. The van der Waals surface area contributed by atoms with E-state index in [-0.39, 0.29) is 17.6 Å². The van der Waals surface area contributed by atoms with E-state index in [1.165, 1.54) is 9.75 Å². The molecule has 3 unspecified atom stereocenters. The molecule has 0 amide bonds. The molecule has 3 atom stereocenters. The zero-order chi connectivity index (χ0) is 14.3. The van der Waals surface area contributed by atoms with Crippen molar-refractivity contribution in [2.45, 2.75) is 38.5 Å². The van der Waals surface area contributed by atoms with Gasteiger partial charge in [-0.05, 0) is 30.0 Å². The van der Waals surface area contributed by atoms with Crippen molar-refractivity contribution in [1.29, 1.82) is 0 Å². The van der Waals surface area contributed by atoms with Crippen LogP contribution in [0.25, 0.3) is 0 Å². The highest BCUT2D eigenvalue weighted by molar-refractivity contribution is 7.16. The standard InChI is InChI=1S/C15H18ClNOS2/c1-15(2)11(8-12(15)18)17-14(9-4-3-7-19-9)10-5-6-13(16)20-10/h3-7,11-12,14,17-18H,8H2,1-2H3. The Kier molecular flexibility index (Phi) is 3.95. The van der Waals surface area contributed by atoms with Gasteiger partial charge < -0.3 is 10.4 Å². The van der Waals surface area contributed by atoms with Crippen LogP contribution >= 0.6 is 34.3 Å². The van der Waals surface area contributed by atoms with E-state index in [0.29, 0.717) is 6.04 Å². The number of rotatable bonds is 4. The normalized spacial score (nSPS) is 26.2. The monoisotopic (exact) mass is 327 g/mol. The van der Waals surface area contributed by atoms with E-state index in [0.717, 1.165) is 10.8 Å². The molecule has 0 aromatic carbocycles. The lowest BCUT2D eigenvalue weighted by Gasteiger charge is -2.50. The molecule has 2 aromatic heterocycles. The van der Waals surface area contributed by atoms with Crippen LogP contribution in [0.1, 0.15) is 36.1 Å². The Balaban J connectivity index is 1.84. The fourth-order valence-electron chi connectivity index (χ4n) is 2.63. The van der Waals surface area contributed by atoms with Crippen LogP contribution in [0.2, 0.25) is 4.34 Å². The van der Waals surface area contributed by atoms with Crippen molar-refractivity contribution in [2.75, 3.05) is 0 Å². The molecule has 1 fully saturated rings.